The smallest absolute Gasteiger partial charge is 0.315 e. The molecule has 1 fully saturated rings. The molecule has 1 heterocycles. The van der Waals surface area contributed by atoms with Crippen molar-refractivity contribution in [2.75, 3.05) is 18.8 Å². The van der Waals surface area contributed by atoms with Gasteiger partial charge in [-0.05, 0) is 24.1 Å². The molecule has 18 heavy (non-hydrogen) atoms. The van der Waals surface area contributed by atoms with Crippen LogP contribution in [0.3, 0.4) is 0 Å². The van der Waals surface area contributed by atoms with E-state index >= 15 is 0 Å². The fourth-order valence-electron chi connectivity index (χ4n) is 2.12. The summed E-state index contributed by atoms with van der Waals surface area (Å²) in [7, 11) is 0. The third kappa shape index (κ3) is 3.42. The Labute approximate surface area is 117 Å². The van der Waals surface area contributed by atoms with E-state index in [1.54, 1.807) is 0 Å². The first-order chi connectivity index (χ1) is 8.41. The summed E-state index contributed by atoms with van der Waals surface area (Å²) < 4.78 is 37.4. The largest absolute Gasteiger partial charge is 0.441 e. The molecule has 1 N–H and O–H groups in total. The zero-order valence-corrected chi connectivity index (χ0v) is 12.0. The Hall–Kier alpha value is -0.200. The Morgan fingerprint density at radius 3 is 2.28 bits per heavy atom. The van der Waals surface area contributed by atoms with Crippen molar-refractivity contribution >= 4 is 27.7 Å². The molecule has 0 aliphatic carbocycles. The van der Waals surface area contributed by atoms with E-state index in [2.05, 4.69) is 21.2 Å². The first kappa shape index (κ1) is 14.2. The van der Waals surface area contributed by atoms with Gasteiger partial charge in [-0.15, -0.1) is 0 Å². The fraction of sp³-hybridized carbons (Fsp3) is 0.500. The number of benzene rings is 1. The van der Waals surface area contributed by atoms with Gasteiger partial charge in [-0.25, -0.2) is 0 Å². The number of alkyl halides is 3. The van der Waals surface area contributed by atoms with Gasteiger partial charge in [0.2, 0.25) is 0 Å². The average molecular weight is 340 g/mol. The molecule has 0 spiro atoms. The summed E-state index contributed by atoms with van der Waals surface area (Å²) in [6.07, 6.45) is 0.547. The molecule has 6 heteroatoms. The molecule has 1 aliphatic rings. The van der Waals surface area contributed by atoms with Gasteiger partial charge in [-0.3, -0.25) is 0 Å². The molecule has 0 radical (unpaired) electrons. The van der Waals surface area contributed by atoms with Gasteiger partial charge < -0.3 is 5.32 Å². The minimum absolute atomic E-state index is 0.0705. The van der Waals surface area contributed by atoms with Crippen LogP contribution in [-0.2, 0) is 5.41 Å². The molecule has 0 bridgehead atoms. The Balaban J connectivity index is 2.00. The van der Waals surface area contributed by atoms with Crippen LogP contribution in [0.1, 0.15) is 12.0 Å². The highest BCUT2D eigenvalue weighted by Crippen LogP contribution is 2.37. The first-order valence-electron chi connectivity index (χ1n) is 5.59. The van der Waals surface area contributed by atoms with Crippen molar-refractivity contribution in [3.05, 3.63) is 34.3 Å². The number of hydrogen-bond acceptors (Lipinski definition) is 2. The Morgan fingerprint density at radius 2 is 1.83 bits per heavy atom. The summed E-state index contributed by atoms with van der Waals surface area (Å²) in [6, 6.07) is 7.85. The Kier molecular flexibility index (Phi) is 4.29. The minimum atomic E-state index is -4.13. The molecular weight excluding hydrogens is 327 g/mol. The van der Waals surface area contributed by atoms with Gasteiger partial charge in [0, 0.05) is 28.7 Å². The zero-order chi connectivity index (χ0) is 13.2. The topological polar surface area (TPSA) is 12.0 Å². The standard InChI is InChI=1S/C12H13BrF3NS/c13-10-3-1-9(2-4-10)11(7-17-8-11)5-6-18-12(14,15)16/h1-4,17H,5-8H2. The van der Waals surface area contributed by atoms with Crippen molar-refractivity contribution in [1.82, 2.24) is 5.32 Å². The summed E-state index contributed by atoms with van der Waals surface area (Å²) in [5.41, 5.74) is -3.14. The lowest BCUT2D eigenvalue weighted by Crippen LogP contribution is -2.57. The van der Waals surface area contributed by atoms with Crippen LogP contribution in [0.2, 0.25) is 0 Å². The van der Waals surface area contributed by atoms with E-state index in [4.69, 9.17) is 0 Å². The highest BCUT2D eigenvalue weighted by atomic mass is 79.9. The zero-order valence-electron chi connectivity index (χ0n) is 9.56. The number of thioether (sulfide) groups is 1. The summed E-state index contributed by atoms with van der Waals surface area (Å²) in [6.45, 7) is 1.51. The Morgan fingerprint density at radius 1 is 1.22 bits per heavy atom. The van der Waals surface area contributed by atoms with Gasteiger partial charge in [0.1, 0.15) is 0 Å². The number of halogens is 4. The molecule has 1 aromatic carbocycles. The molecule has 1 nitrogen and oxygen atoms in total. The van der Waals surface area contributed by atoms with Crippen LogP contribution in [0, 0.1) is 0 Å². The molecule has 0 saturated carbocycles. The van der Waals surface area contributed by atoms with Crippen LogP contribution < -0.4 is 5.32 Å². The maximum absolute atomic E-state index is 12.1. The van der Waals surface area contributed by atoms with Gasteiger partial charge in [0.25, 0.3) is 0 Å². The fourth-order valence-corrected chi connectivity index (χ4v) is 3.11. The quantitative estimate of drug-likeness (QED) is 0.891. The predicted molar refractivity (Wildman–Crippen MR) is 71.8 cm³/mol. The van der Waals surface area contributed by atoms with E-state index in [0.717, 1.165) is 23.1 Å². The van der Waals surface area contributed by atoms with E-state index < -0.39 is 5.51 Å². The van der Waals surface area contributed by atoms with Crippen LogP contribution in [0.15, 0.2) is 28.7 Å². The normalized spacial score (nSPS) is 18.4. The highest BCUT2D eigenvalue weighted by molar-refractivity contribution is 9.10. The monoisotopic (exact) mass is 339 g/mol. The third-order valence-corrected chi connectivity index (χ3v) is 4.49. The minimum Gasteiger partial charge on any atom is -0.315 e. The van der Waals surface area contributed by atoms with Crippen molar-refractivity contribution in [3.8, 4) is 0 Å². The second-order valence-electron chi connectivity index (χ2n) is 4.43. The van der Waals surface area contributed by atoms with Gasteiger partial charge in [0.15, 0.2) is 0 Å². The van der Waals surface area contributed by atoms with Crippen LogP contribution >= 0.6 is 27.7 Å². The molecule has 1 aliphatic heterocycles. The average Bonchev–Trinajstić information content (AvgIpc) is 2.22. The second kappa shape index (κ2) is 5.43. The molecule has 0 unspecified atom stereocenters. The van der Waals surface area contributed by atoms with Crippen LogP contribution in [0.25, 0.3) is 0 Å². The Bertz CT molecular complexity index is 401. The molecule has 2 rings (SSSR count). The number of nitrogens with one attached hydrogen (secondary N) is 1. The van der Waals surface area contributed by atoms with E-state index in [9.17, 15) is 13.2 Å². The van der Waals surface area contributed by atoms with E-state index in [1.807, 2.05) is 24.3 Å². The second-order valence-corrected chi connectivity index (χ2v) is 6.51. The number of hydrogen-bond donors (Lipinski definition) is 1. The van der Waals surface area contributed by atoms with Gasteiger partial charge >= 0.3 is 5.51 Å². The summed E-state index contributed by atoms with van der Waals surface area (Å²) in [5, 5.41) is 3.16. The van der Waals surface area contributed by atoms with Crippen molar-refractivity contribution < 1.29 is 13.2 Å². The molecule has 0 aromatic heterocycles. The summed E-state index contributed by atoms with van der Waals surface area (Å²) >= 11 is 3.43. The number of rotatable bonds is 4. The molecule has 0 atom stereocenters. The molecule has 1 saturated heterocycles. The highest BCUT2D eigenvalue weighted by Gasteiger charge is 2.39. The van der Waals surface area contributed by atoms with Gasteiger partial charge in [-0.1, -0.05) is 39.8 Å². The summed E-state index contributed by atoms with van der Waals surface area (Å²) in [4.78, 5) is 0. The van der Waals surface area contributed by atoms with Crippen molar-refractivity contribution in [3.63, 3.8) is 0 Å². The van der Waals surface area contributed by atoms with Crippen LogP contribution in [-0.4, -0.2) is 24.4 Å². The summed E-state index contributed by atoms with van der Waals surface area (Å²) in [5.74, 6) is 0.112. The maximum atomic E-state index is 12.1. The van der Waals surface area contributed by atoms with Crippen LogP contribution in [0.5, 0.6) is 0 Å². The predicted octanol–water partition coefficient (Wildman–Crippen LogP) is 3.93. The SMILES string of the molecule is FC(F)(F)SCCC1(c2ccc(Br)cc2)CNC1. The lowest BCUT2D eigenvalue weighted by atomic mass is 9.73. The molecule has 0 amide bonds. The van der Waals surface area contributed by atoms with Gasteiger partial charge in [0.05, 0.1) is 0 Å². The van der Waals surface area contributed by atoms with Gasteiger partial charge in [-0.2, -0.15) is 13.2 Å². The maximum Gasteiger partial charge on any atom is 0.441 e. The van der Waals surface area contributed by atoms with Crippen molar-refractivity contribution in [2.24, 2.45) is 0 Å². The van der Waals surface area contributed by atoms with Crippen molar-refractivity contribution in [2.45, 2.75) is 17.3 Å². The molecular formula is C12H13BrF3NS. The van der Waals surface area contributed by atoms with Crippen molar-refractivity contribution in [1.29, 1.82) is 0 Å². The van der Waals surface area contributed by atoms with E-state index in [1.165, 1.54) is 0 Å². The third-order valence-electron chi connectivity index (χ3n) is 3.23. The molecule has 100 valence electrons. The van der Waals surface area contributed by atoms with E-state index in [0.29, 0.717) is 6.42 Å². The lowest BCUT2D eigenvalue weighted by molar-refractivity contribution is -0.0329. The molecule has 1 aromatic rings. The first-order valence-corrected chi connectivity index (χ1v) is 7.37. The lowest BCUT2D eigenvalue weighted by Gasteiger charge is -2.43. The van der Waals surface area contributed by atoms with E-state index in [-0.39, 0.29) is 22.9 Å². The van der Waals surface area contributed by atoms with Crippen LogP contribution in [0.4, 0.5) is 13.2 Å².